The van der Waals surface area contributed by atoms with E-state index in [1.807, 2.05) is 13.8 Å². The van der Waals surface area contributed by atoms with E-state index in [-0.39, 0.29) is 35.9 Å². The van der Waals surface area contributed by atoms with Crippen LogP contribution in [0.1, 0.15) is 32.3 Å². The zero-order valence-electron chi connectivity index (χ0n) is 13.6. The summed E-state index contributed by atoms with van der Waals surface area (Å²) in [5.41, 5.74) is 1.33. The number of guanidine groups is 1. The Kier molecular flexibility index (Phi) is 11.3. The molecular formula is C15H26IN3O2S. The van der Waals surface area contributed by atoms with Crippen LogP contribution in [0.5, 0.6) is 0 Å². The highest BCUT2D eigenvalue weighted by Gasteiger charge is 2.13. The number of hydrogen-bond acceptors (Lipinski definition) is 4. The molecule has 0 spiro atoms. The maximum atomic E-state index is 11.4. The fourth-order valence-electron chi connectivity index (χ4n) is 1.77. The molecule has 2 N–H and O–H groups in total. The number of methoxy groups -OCH3 is 1. The van der Waals surface area contributed by atoms with Crippen molar-refractivity contribution in [1.29, 1.82) is 0 Å². The first-order valence-electron chi connectivity index (χ1n) is 7.20. The lowest BCUT2D eigenvalue weighted by molar-refractivity contribution is -0.144. The number of esters is 1. The predicted molar refractivity (Wildman–Crippen MR) is 103 cm³/mol. The van der Waals surface area contributed by atoms with Crippen molar-refractivity contribution in [3.8, 4) is 0 Å². The summed E-state index contributed by atoms with van der Waals surface area (Å²) >= 11 is 1.71. The van der Waals surface area contributed by atoms with E-state index in [1.165, 1.54) is 12.7 Å². The van der Waals surface area contributed by atoms with Gasteiger partial charge in [-0.15, -0.1) is 24.0 Å². The molecule has 5 nitrogen and oxygen atoms in total. The fraction of sp³-hybridized carbons (Fsp3) is 0.600. The smallest absolute Gasteiger partial charge is 0.310 e. The van der Waals surface area contributed by atoms with Crippen LogP contribution in [0.3, 0.4) is 0 Å². The number of carbonyl (C=O) groups excluding carboxylic acids is 1. The number of halogens is 1. The van der Waals surface area contributed by atoms with Crippen molar-refractivity contribution in [1.82, 2.24) is 10.6 Å². The highest BCUT2D eigenvalue weighted by atomic mass is 127. The molecule has 1 aromatic rings. The lowest BCUT2D eigenvalue weighted by Crippen LogP contribution is -2.39. The van der Waals surface area contributed by atoms with Crippen molar-refractivity contribution in [3.63, 3.8) is 0 Å². The van der Waals surface area contributed by atoms with Crippen LogP contribution in [0.15, 0.2) is 21.8 Å². The molecule has 1 rings (SSSR count). The van der Waals surface area contributed by atoms with E-state index < -0.39 is 0 Å². The van der Waals surface area contributed by atoms with Crippen LogP contribution in [-0.2, 0) is 9.53 Å². The Morgan fingerprint density at radius 2 is 2.14 bits per heavy atom. The molecule has 0 aliphatic rings. The molecule has 7 heteroatoms. The van der Waals surface area contributed by atoms with Gasteiger partial charge in [0.2, 0.25) is 0 Å². The van der Waals surface area contributed by atoms with Gasteiger partial charge in [0.25, 0.3) is 0 Å². The lowest BCUT2D eigenvalue weighted by Gasteiger charge is -2.16. The molecule has 0 amide bonds. The number of nitrogens with one attached hydrogen (secondary N) is 2. The molecule has 0 fully saturated rings. The summed E-state index contributed by atoms with van der Waals surface area (Å²) < 4.78 is 4.70. The van der Waals surface area contributed by atoms with Crippen molar-refractivity contribution < 1.29 is 9.53 Å². The molecule has 126 valence electrons. The van der Waals surface area contributed by atoms with Gasteiger partial charge in [-0.2, -0.15) is 11.3 Å². The number of carbonyl (C=O) groups is 1. The monoisotopic (exact) mass is 439 g/mol. The average molecular weight is 439 g/mol. The third kappa shape index (κ3) is 7.44. The quantitative estimate of drug-likeness (QED) is 0.297. The maximum Gasteiger partial charge on any atom is 0.310 e. The van der Waals surface area contributed by atoms with E-state index in [0.717, 1.165) is 19.0 Å². The number of hydrogen-bond donors (Lipinski definition) is 2. The molecule has 0 bridgehead atoms. The van der Waals surface area contributed by atoms with Gasteiger partial charge in [0.05, 0.1) is 19.6 Å². The second kappa shape index (κ2) is 11.7. The van der Waals surface area contributed by atoms with E-state index in [4.69, 9.17) is 4.74 Å². The van der Waals surface area contributed by atoms with Crippen LogP contribution in [0.2, 0.25) is 0 Å². The molecule has 22 heavy (non-hydrogen) atoms. The molecule has 0 aliphatic heterocycles. The topological polar surface area (TPSA) is 62.7 Å². The predicted octanol–water partition coefficient (Wildman–Crippen LogP) is 2.83. The standard InChI is InChI=1S/C15H25N3O2S.HI/c1-5-16-15(18-9-12(3)14(19)20-4)17-8-11(2)13-6-7-21-10-13;/h6-7,10-12H,5,8-9H2,1-4H3,(H2,16,17,18);1H. The second-order valence-electron chi connectivity index (χ2n) is 4.98. The number of ether oxygens (including phenoxy) is 1. The minimum Gasteiger partial charge on any atom is -0.469 e. The van der Waals surface area contributed by atoms with Gasteiger partial charge >= 0.3 is 5.97 Å². The summed E-state index contributed by atoms with van der Waals surface area (Å²) in [6, 6.07) is 2.14. The van der Waals surface area contributed by atoms with Crippen LogP contribution >= 0.6 is 35.3 Å². The van der Waals surface area contributed by atoms with Gasteiger partial charge in [-0.05, 0) is 35.2 Å². The molecular weight excluding hydrogens is 413 g/mol. The van der Waals surface area contributed by atoms with Crippen LogP contribution in [-0.4, -0.2) is 38.7 Å². The van der Waals surface area contributed by atoms with Crippen LogP contribution in [0.4, 0.5) is 0 Å². The van der Waals surface area contributed by atoms with Crippen molar-refractivity contribution in [2.75, 3.05) is 26.7 Å². The summed E-state index contributed by atoms with van der Waals surface area (Å²) in [6.07, 6.45) is 0. The minimum atomic E-state index is -0.236. The normalized spacial score (nSPS) is 13.7. The summed E-state index contributed by atoms with van der Waals surface area (Å²) in [4.78, 5) is 15.8. The maximum absolute atomic E-state index is 11.4. The van der Waals surface area contributed by atoms with Crippen molar-refractivity contribution in [2.24, 2.45) is 10.9 Å². The van der Waals surface area contributed by atoms with Crippen molar-refractivity contribution in [2.45, 2.75) is 26.7 Å². The largest absolute Gasteiger partial charge is 0.469 e. The Bertz CT molecular complexity index is 452. The highest BCUT2D eigenvalue weighted by molar-refractivity contribution is 14.0. The lowest BCUT2D eigenvalue weighted by atomic mass is 10.1. The Hall–Kier alpha value is -0.830. The van der Waals surface area contributed by atoms with Crippen LogP contribution in [0, 0.1) is 5.92 Å². The number of thiophene rings is 1. The first kappa shape index (κ1) is 21.2. The first-order valence-corrected chi connectivity index (χ1v) is 8.14. The van der Waals surface area contributed by atoms with E-state index >= 15 is 0 Å². The van der Waals surface area contributed by atoms with Gasteiger partial charge < -0.3 is 15.4 Å². The Morgan fingerprint density at radius 3 is 2.68 bits per heavy atom. The van der Waals surface area contributed by atoms with E-state index in [0.29, 0.717) is 12.5 Å². The molecule has 2 atom stereocenters. The van der Waals surface area contributed by atoms with Crippen molar-refractivity contribution >= 4 is 47.2 Å². The molecule has 0 saturated heterocycles. The molecule has 1 aromatic heterocycles. The first-order chi connectivity index (χ1) is 10.1. The van der Waals surface area contributed by atoms with Gasteiger partial charge in [0.15, 0.2) is 5.96 Å². The second-order valence-corrected chi connectivity index (χ2v) is 5.76. The van der Waals surface area contributed by atoms with Gasteiger partial charge in [0, 0.05) is 13.1 Å². The van der Waals surface area contributed by atoms with Gasteiger partial charge in [-0.25, -0.2) is 0 Å². The van der Waals surface area contributed by atoms with Gasteiger partial charge in [0.1, 0.15) is 0 Å². The summed E-state index contributed by atoms with van der Waals surface area (Å²) in [6.45, 7) is 8.00. The average Bonchev–Trinajstić information content (AvgIpc) is 3.02. The van der Waals surface area contributed by atoms with Gasteiger partial charge in [-0.1, -0.05) is 13.8 Å². The number of rotatable bonds is 7. The molecule has 2 unspecified atom stereocenters. The zero-order valence-corrected chi connectivity index (χ0v) is 16.7. The molecule has 0 saturated carbocycles. The third-order valence-electron chi connectivity index (χ3n) is 3.16. The van der Waals surface area contributed by atoms with Crippen LogP contribution in [0.25, 0.3) is 0 Å². The zero-order chi connectivity index (χ0) is 15.7. The fourth-order valence-corrected chi connectivity index (χ4v) is 2.55. The van der Waals surface area contributed by atoms with E-state index in [1.54, 1.807) is 11.3 Å². The minimum absolute atomic E-state index is 0. The Balaban J connectivity index is 0.00000441. The molecule has 0 radical (unpaired) electrons. The molecule has 0 aromatic carbocycles. The van der Waals surface area contributed by atoms with E-state index in [2.05, 4.69) is 39.4 Å². The third-order valence-corrected chi connectivity index (χ3v) is 3.86. The van der Waals surface area contributed by atoms with E-state index in [9.17, 15) is 4.79 Å². The Morgan fingerprint density at radius 1 is 1.41 bits per heavy atom. The SMILES string of the molecule is CCNC(=NCC(C)C(=O)OC)NCC(C)c1ccsc1.I. The summed E-state index contributed by atoms with van der Waals surface area (Å²) in [7, 11) is 1.40. The number of aliphatic imine (C=N–C) groups is 1. The summed E-state index contributed by atoms with van der Waals surface area (Å²) in [5.74, 6) is 0.675. The van der Waals surface area contributed by atoms with Crippen LogP contribution < -0.4 is 10.6 Å². The molecule has 0 aliphatic carbocycles. The Labute approximate surface area is 154 Å². The molecule has 1 heterocycles. The van der Waals surface area contributed by atoms with Crippen molar-refractivity contribution in [3.05, 3.63) is 22.4 Å². The summed E-state index contributed by atoms with van der Waals surface area (Å²) in [5, 5.41) is 10.7. The highest BCUT2D eigenvalue weighted by Crippen LogP contribution is 2.16. The van der Waals surface area contributed by atoms with Gasteiger partial charge in [-0.3, -0.25) is 9.79 Å². The number of nitrogens with zero attached hydrogens (tertiary/aromatic N) is 1.